The minimum absolute atomic E-state index is 0. The van der Waals surface area contributed by atoms with E-state index in [0.29, 0.717) is 5.92 Å². The summed E-state index contributed by atoms with van der Waals surface area (Å²) in [6, 6.07) is 7.93. The van der Waals surface area contributed by atoms with Crippen molar-refractivity contribution >= 4 is 18.3 Å². The van der Waals surface area contributed by atoms with E-state index < -0.39 is 0 Å². The van der Waals surface area contributed by atoms with E-state index in [1.54, 1.807) is 7.11 Å². The summed E-state index contributed by atoms with van der Waals surface area (Å²) in [5.74, 6) is 1.55. The quantitative estimate of drug-likeness (QED) is 0.887. The largest absolute Gasteiger partial charge is 0.497 e. The van der Waals surface area contributed by atoms with E-state index in [-0.39, 0.29) is 29.8 Å². The zero-order chi connectivity index (χ0) is 15.6. The maximum Gasteiger partial charge on any atom is 0.228 e. The van der Waals surface area contributed by atoms with E-state index in [9.17, 15) is 4.79 Å². The van der Waals surface area contributed by atoms with Crippen molar-refractivity contribution in [2.24, 2.45) is 11.3 Å². The fraction of sp³-hybridized carbons (Fsp3) is 0.611. The Kier molecular flexibility index (Phi) is 5.93. The molecule has 2 fully saturated rings. The van der Waals surface area contributed by atoms with Gasteiger partial charge >= 0.3 is 0 Å². The first-order chi connectivity index (χ1) is 10.7. The van der Waals surface area contributed by atoms with Crippen LogP contribution in [0.25, 0.3) is 0 Å². The van der Waals surface area contributed by atoms with Crippen LogP contribution in [-0.2, 0) is 4.79 Å². The maximum absolute atomic E-state index is 13.0. The summed E-state index contributed by atoms with van der Waals surface area (Å²) >= 11 is 0. The first-order valence-electron chi connectivity index (χ1n) is 8.31. The summed E-state index contributed by atoms with van der Waals surface area (Å²) in [6.45, 7) is 3.86. The van der Waals surface area contributed by atoms with Gasteiger partial charge in [-0.3, -0.25) is 4.79 Å². The second-order valence-electron chi connectivity index (χ2n) is 6.70. The van der Waals surface area contributed by atoms with Crippen molar-refractivity contribution < 1.29 is 9.53 Å². The van der Waals surface area contributed by atoms with Crippen LogP contribution in [0.4, 0.5) is 0 Å². The molecule has 3 rings (SSSR count). The number of carbonyl (C=O) groups is 1. The van der Waals surface area contributed by atoms with Gasteiger partial charge < -0.3 is 15.4 Å². The van der Waals surface area contributed by atoms with E-state index in [2.05, 4.69) is 10.6 Å². The molecule has 1 heterocycles. The number of halogens is 1. The molecule has 0 aromatic heterocycles. The van der Waals surface area contributed by atoms with Crippen LogP contribution in [0, 0.1) is 11.3 Å². The molecule has 23 heavy (non-hydrogen) atoms. The van der Waals surface area contributed by atoms with E-state index in [1.165, 1.54) is 19.3 Å². The number of methoxy groups -OCH3 is 1. The van der Waals surface area contributed by atoms with Crippen molar-refractivity contribution in [3.05, 3.63) is 29.8 Å². The van der Waals surface area contributed by atoms with Crippen LogP contribution < -0.4 is 15.4 Å². The third-order valence-electron chi connectivity index (χ3n) is 5.43. The molecule has 0 spiro atoms. The van der Waals surface area contributed by atoms with E-state index in [0.717, 1.165) is 30.8 Å². The number of benzene rings is 1. The van der Waals surface area contributed by atoms with Crippen LogP contribution >= 0.6 is 12.4 Å². The Labute approximate surface area is 144 Å². The molecule has 1 saturated heterocycles. The SMILES string of the molecule is COc1cccc(C(C)NC(=O)[C@@]23CCCC[C@H]2CNC3)c1.Cl. The Morgan fingerprint density at radius 2 is 2.26 bits per heavy atom. The van der Waals surface area contributed by atoms with Gasteiger partial charge in [0.05, 0.1) is 18.6 Å². The molecule has 1 aromatic rings. The molecule has 0 bridgehead atoms. The maximum atomic E-state index is 13.0. The average molecular weight is 339 g/mol. The Bertz CT molecular complexity index is 552. The Morgan fingerprint density at radius 3 is 3.04 bits per heavy atom. The summed E-state index contributed by atoms with van der Waals surface area (Å²) in [7, 11) is 1.66. The van der Waals surface area contributed by atoms with Crippen molar-refractivity contribution in [2.45, 2.75) is 38.6 Å². The predicted octanol–water partition coefficient (Wildman–Crippen LogP) is 3.07. The molecule has 2 aliphatic rings. The highest BCUT2D eigenvalue weighted by atomic mass is 35.5. The van der Waals surface area contributed by atoms with Crippen LogP contribution in [0.2, 0.25) is 0 Å². The van der Waals surface area contributed by atoms with Crippen LogP contribution in [0.5, 0.6) is 5.75 Å². The zero-order valence-corrected chi connectivity index (χ0v) is 14.7. The minimum Gasteiger partial charge on any atom is -0.497 e. The Balaban J connectivity index is 0.00000192. The van der Waals surface area contributed by atoms with Gasteiger partial charge in [0.1, 0.15) is 5.75 Å². The van der Waals surface area contributed by atoms with E-state index in [1.807, 2.05) is 31.2 Å². The van der Waals surface area contributed by atoms with E-state index in [4.69, 9.17) is 4.74 Å². The average Bonchev–Trinajstić information content (AvgIpc) is 3.00. The fourth-order valence-corrected chi connectivity index (χ4v) is 4.02. The van der Waals surface area contributed by atoms with Crippen molar-refractivity contribution in [1.82, 2.24) is 10.6 Å². The highest BCUT2D eigenvalue weighted by Crippen LogP contribution is 2.44. The van der Waals surface area contributed by atoms with Crippen molar-refractivity contribution in [3.8, 4) is 5.75 Å². The molecule has 4 nitrogen and oxygen atoms in total. The third kappa shape index (κ3) is 3.48. The number of ether oxygens (including phenoxy) is 1. The molecule has 3 atom stereocenters. The lowest BCUT2D eigenvalue weighted by molar-refractivity contribution is -0.134. The van der Waals surface area contributed by atoms with Gasteiger partial charge in [0, 0.05) is 6.54 Å². The van der Waals surface area contributed by atoms with Gasteiger partial charge in [-0.2, -0.15) is 0 Å². The van der Waals surface area contributed by atoms with Crippen LogP contribution in [-0.4, -0.2) is 26.1 Å². The number of hydrogen-bond donors (Lipinski definition) is 2. The van der Waals surface area contributed by atoms with Crippen LogP contribution in [0.3, 0.4) is 0 Å². The van der Waals surface area contributed by atoms with Crippen LogP contribution in [0.15, 0.2) is 24.3 Å². The number of nitrogens with one attached hydrogen (secondary N) is 2. The number of amides is 1. The number of carbonyl (C=O) groups excluding carboxylic acids is 1. The van der Waals surface area contributed by atoms with Crippen molar-refractivity contribution in [1.29, 1.82) is 0 Å². The summed E-state index contributed by atoms with van der Waals surface area (Å²) in [5.41, 5.74) is 0.896. The monoisotopic (exact) mass is 338 g/mol. The van der Waals surface area contributed by atoms with Crippen molar-refractivity contribution in [2.75, 3.05) is 20.2 Å². The summed E-state index contributed by atoms with van der Waals surface area (Å²) in [4.78, 5) is 13.0. The summed E-state index contributed by atoms with van der Waals surface area (Å²) in [6.07, 6.45) is 4.61. The molecular weight excluding hydrogens is 312 g/mol. The second-order valence-corrected chi connectivity index (χ2v) is 6.70. The lowest BCUT2D eigenvalue weighted by Crippen LogP contribution is -2.48. The van der Waals surface area contributed by atoms with Gasteiger partial charge in [-0.15, -0.1) is 12.4 Å². The Hall–Kier alpha value is -1.26. The molecule has 1 aliphatic heterocycles. The smallest absolute Gasteiger partial charge is 0.228 e. The number of fused-ring (bicyclic) bond motifs is 1. The topological polar surface area (TPSA) is 50.4 Å². The predicted molar refractivity (Wildman–Crippen MR) is 94.1 cm³/mol. The standard InChI is InChI=1S/C18H26N2O2.ClH/c1-13(14-6-5-8-16(10-14)22-2)20-17(21)18-9-4-3-7-15(18)11-19-12-18;/h5-6,8,10,13,15,19H,3-4,7,9,11-12H2,1-2H3,(H,20,21);1H/t13?,15-,18+;/m0./s1. The lowest BCUT2D eigenvalue weighted by Gasteiger charge is -2.38. The molecule has 2 N–H and O–H groups in total. The summed E-state index contributed by atoms with van der Waals surface area (Å²) < 4.78 is 5.27. The first kappa shape index (κ1) is 18.1. The van der Waals surface area contributed by atoms with Crippen molar-refractivity contribution in [3.63, 3.8) is 0 Å². The van der Waals surface area contributed by atoms with Gasteiger partial charge in [-0.05, 0) is 49.9 Å². The molecule has 1 aromatic carbocycles. The molecule has 1 aliphatic carbocycles. The van der Waals surface area contributed by atoms with Gasteiger partial charge in [0.25, 0.3) is 0 Å². The summed E-state index contributed by atoms with van der Waals surface area (Å²) in [5, 5.41) is 6.68. The van der Waals surface area contributed by atoms with Crippen LogP contribution in [0.1, 0.15) is 44.2 Å². The molecule has 1 amide bonds. The highest BCUT2D eigenvalue weighted by Gasteiger charge is 2.49. The molecule has 0 radical (unpaired) electrons. The van der Waals surface area contributed by atoms with Gasteiger partial charge in [0.15, 0.2) is 0 Å². The fourth-order valence-electron chi connectivity index (χ4n) is 4.02. The molecule has 1 saturated carbocycles. The Morgan fingerprint density at radius 1 is 1.43 bits per heavy atom. The molecule has 128 valence electrons. The van der Waals surface area contributed by atoms with Gasteiger partial charge in [0.2, 0.25) is 5.91 Å². The highest BCUT2D eigenvalue weighted by molar-refractivity contribution is 5.85. The van der Waals surface area contributed by atoms with E-state index >= 15 is 0 Å². The first-order valence-corrected chi connectivity index (χ1v) is 8.31. The second kappa shape index (κ2) is 7.54. The third-order valence-corrected chi connectivity index (χ3v) is 5.43. The molecular formula is C18H27ClN2O2. The minimum atomic E-state index is -0.189. The normalized spacial score (nSPS) is 27.5. The molecule has 5 heteroatoms. The lowest BCUT2D eigenvalue weighted by atomic mass is 9.67. The van der Waals surface area contributed by atoms with Gasteiger partial charge in [-0.1, -0.05) is 25.0 Å². The molecule has 1 unspecified atom stereocenters. The van der Waals surface area contributed by atoms with Gasteiger partial charge in [-0.25, -0.2) is 0 Å². The number of hydrogen-bond acceptors (Lipinski definition) is 3. The number of rotatable bonds is 4. The zero-order valence-electron chi connectivity index (χ0n) is 13.9.